The number of rotatable bonds is 4. The maximum Gasteiger partial charge on any atom is 0.159 e. The van der Waals surface area contributed by atoms with Gasteiger partial charge >= 0.3 is 0 Å². The molecule has 4 heteroatoms. The van der Waals surface area contributed by atoms with E-state index in [9.17, 15) is 0 Å². The van der Waals surface area contributed by atoms with Crippen LogP contribution in [0.4, 0.5) is 0 Å². The number of hydrogen-bond donors (Lipinski definition) is 1. The summed E-state index contributed by atoms with van der Waals surface area (Å²) in [6.45, 7) is 0. The molecule has 2 heterocycles. The monoisotopic (exact) mass is 691 g/mol. The minimum Gasteiger partial charge on any atom is -0.457 e. The summed E-state index contributed by atoms with van der Waals surface area (Å²) in [5.41, 5.74) is 12.1. The highest BCUT2D eigenvalue weighted by molar-refractivity contribution is 6.13. The van der Waals surface area contributed by atoms with Gasteiger partial charge in [0.15, 0.2) is 5.84 Å². The smallest absolute Gasteiger partial charge is 0.159 e. The van der Waals surface area contributed by atoms with E-state index >= 15 is 0 Å². The molecule has 0 bridgehead atoms. The molecule has 8 aromatic carbocycles. The molecule has 1 aliphatic carbocycles. The number of hydrogen-bond acceptors (Lipinski definition) is 4. The SMILES string of the molecule is c1ccc(C2=NC(c3ccc4c(c3)C3(c5ccccc5O4)c4ccccc4-c4ccccc43)=NC(c3ccc(-c4cccc5ccccc45)cc3)N2)cc1. The number of benzene rings is 8. The summed E-state index contributed by atoms with van der Waals surface area (Å²) in [7, 11) is 0. The van der Waals surface area contributed by atoms with Crippen molar-refractivity contribution in [2.45, 2.75) is 11.6 Å². The number of para-hydroxylation sites is 1. The average Bonchev–Trinajstić information content (AvgIpc) is 3.54. The molecule has 2 aliphatic heterocycles. The van der Waals surface area contributed by atoms with Gasteiger partial charge in [-0.2, -0.15) is 0 Å². The lowest BCUT2D eigenvalue weighted by atomic mass is 9.66. The third-order valence-corrected chi connectivity index (χ3v) is 11.2. The van der Waals surface area contributed by atoms with Crippen molar-refractivity contribution in [2.75, 3.05) is 0 Å². The van der Waals surface area contributed by atoms with E-state index in [1.54, 1.807) is 0 Å². The van der Waals surface area contributed by atoms with Gasteiger partial charge in [0.2, 0.25) is 0 Å². The number of fused-ring (bicyclic) bond motifs is 10. The fraction of sp³-hybridized carbons (Fsp3) is 0.0400. The number of aliphatic imine (C=N–C) groups is 2. The Balaban J connectivity index is 1.07. The van der Waals surface area contributed by atoms with Crippen molar-refractivity contribution in [3.63, 3.8) is 0 Å². The number of nitrogens with zero attached hydrogens (tertiary/aromatic N) is 2. The second-order valence-electron chi connectivity index (χ2n) is 14.1. The zero-order valence-electron chi connectivity index (χ0n) is 29.3. The molecular formula is C50H33N3O. The van der Waals surface area contributed by atoms with Crippen LogP contribution in [0.5, 0.6) is 11.5 Å². The Hall–Kier alpha value is -7.04. The first-order valence-electron chi connectivity index (χ1n) is 18.4. The molecule has 8 aromatic rings. The number of nitrogens with one attached hydrogen (secondary N) is 1. The van der Waals surface area contributed by atoms with Crippen molar-refractivity contribution < 1.29 is 4.74 Å². The molecule has 4 nitrogen and oxygen atoms in total. The molecule has 254 valence electrons. The molecule has 0 radical (unpaired) electrons. The van der Waals surface area contributed by atoms with Crippen molar-refractivity contribution in [3.8, 4) is 33.8 Å². The summed E-state index contributed by atoms with van der Waals surface area (Å²) in [6.07, 6.45) is -0.343. The van der Waals surface area contributed by atoms with Crippen LogP contribution in [0.15, 0.2) is 198 Å². The molecule has 54 heavy (non-hydrogen) atoms. The van der Waals surface area contributed by atoms with Gasteiger partial charge in [0.25, 0.3) is 0 Å². The van der Waals surface area contributed by atoms with Crippen LogP contribution in [0, 0.1) is 0 Å². The first kappa shape index (κ1) is 30.6. The minimum atomic E-state index is -0.566. The first-order valence-corrected chi connectivity index (χ1v) is 18.4. The van der Waals surface area contributed by atoms with Gasteiger partial charge in [0, 0.05) is 22.3 Å². The zero-order chi connectivity index (χ0) is 35.6. The summed E-state index contributed by atoms with van der Waals surface area (Å²) in [5, 5.41) is 6.14. The van der Waals surface area contributed by atoms with E-state index in [1.165, 1.54) is 44.2 Å². The van der Waals surface area contributed by atoms with Gasteiger partial charge in [0.05, 0.1) is 5.41 Å². The van der Waals surface area contributed by atoms with E-state index in [-0.39, 0.29) is 6.17 Å². The number of amidine groups is 2. The van der Waals surface area contributed by atoms with Gasteiger partial charge in [0.1, 0.15) is 23.5 Å². The molecule has 1 unspecified atom stereocenters. The van der Waals surface area contributed by atoms with Gasteiger partial charge in [-0.05, 0) is 74.0 Å². The van der Waals surface area contributed by atoms with Crippen LogP contribution in [-0.4, -0.2) is 11.7 Å². The Morgan fingerprint density at radius 2 is 1.07 bits per heavy atom. The molecule has 0 amide bonds. The Bertz CT molecular complexity index is 2790. The largest absolute Gasteiger partial charge is 0.457 e. The van der Waals surface area contributed by atoms with Crippen molar-refractivity contribution in [2.24, 2.45) is 9.98 Å². The van der Waals surface area contributed by atoms with Gasteiger partial charge in [-0.15, -0.1) is 0 Å². The van der Waals surface area contributed by atoms with Crippen LogP contribution in [0.3, 0.4) is 0 Å². The van der Waals surface area contributed by atoms with Crippen molar-refractivity contribution in [3.05, 3.63) is 227 Å². The summed E-state index contributed by atoms with van der Waals surface area (Å²) < 4.78 is 6.70. The highest BCUT2D eigenvalue weighted by Gasteiger charge is 2.51. The average molecular weight is 692 g/mol. The van der Waals surface area contributed by atoms with E-state index in [1.807, 2.05) is 18.2 Å². The maximum atomic E-state index is 6.70. The molecule has 0 aromatic heterocycles. The van der Waals surface area contributed by atoms with Crippen LogP contribution < -0.4 is 10.1 Å². The third kappa shape index (κ3) is 4.56. The highest BCUT2D eigenvalue weighted by Crippen LogP contribution is 2.62. The second-order valence-corrected chi connectivity index (χ2v) is 14.1. The van der Waals surface area contributed by atoms with E-state index < -0.39 is 5.41 Å². The Morgan fingerprint density at radius 3 is 1.87 bits per heavy atom. The lowest BCUT2D eigenvalue weighted by Crippen LogP contribution is -2.34. The predicted molar refractivity (Wildman–Crippen MR) is 219 cm³/mol. The molecule has 1 N–H and O–H groups in total. The van der Waals surface area contributed by atoms with E-state index in [2.05, 4.69) is 175 Å². The van der Waals surface area contributed by atoms with Crippen LogP contribution in [0.25, 0.3) is 33.0 Å². The molecule has 0 saturated heterocycles. The van der Waals surface area contributed by atoms with Gasteiger partial charge < -0.3 is 10.1 Å². The highest BCUT2D eigenvalue weighted by atomic mass is 16.5. The van der Waals surface area contributed by atoms with Gasteiger partial charge in [-0.1, -0.05) is 164 Å². The summed E-state index contributed by atoms with van der Waals surface area (Å²) in [6, 6.07) is 66.7. The fourth-order valence-electron chi connectivity index (χ4n) is 8.81. The molecule has 3 aliphatic rings. The minimum absolute atomic E-state index is 0.343. The summed E-state index contributed by atoms with van der Waals surface area (Å²) >= 11 is 0. The Kier molecular flexibility index (Phi) is 6.80. The van der Waals surface area contributed by atoms with Crippen LogP contribution in [0.2, 0.25) is 0 Å². The van der Waals surface area contributed by atoms with Gasteiger partial charge in [-0.3, -0.25) is 0 Å². The third-order valence-electron chi connectivity index (χ3n) is 11.2. The molecule has 1 atom stereocenters. The quantitative estimate of drug-likeness (QED) is 0.200. The second kappa shape index (κ2) is 12.0. The zero-order valence-corrected chi connectivity index (χ0v) is 29.3. The molecule has 1 spiro atoms. The summed E-state index contributed by atoms with van der Waals surface area (Å²) in [5.74, 6) is 3.17. The topological polar surface area (TPSA) is 46.0 Å². The number of ether oxygens (including phenoxy) is 1. The van der Waals surface area contributed by atoms with E-state index in [0.29, 0.717) is 5.84 Å². The normalized spacial score (nSPS) is 15.9. The fourth-order valence-corrected chi connectivity index (χ4v) is 8.81. The lowest BCUT2D eigenvalue weighted by molar-refractivity contribution is 0.436. The maximum absolute atomic E-state index is 6.70. The van der Waals surface area contributed by atoms with Crippen LogP contribution in [0.1, 0.15) is 45.1 Å². The van der Waals surface area contributed by atoms with Crippen LogP contribution >= 0.6 is 0 Å². The molecular weight excluding hydrogens is 659 g/mol. The molecule has 11 rings (SSSR count). The molecule has 0 fully saturated rings. The summed E-state index contributed by atoms with van der Waals surface area (Å²) in [4.78, 5) is 10.5. The Morgan fingerprint density at radius 1 is 0.463 bits per heavy atom. The molecule has 0 saturated carbocycles. The Labute approximate surface area is 313 Å². The lowest BCUT2D eigenvalue weighted by Gasteiger charge is -2.39. The van der Waals surface area contributed by atoms with E-state index in [0.717, 1.165) is 45.2 Å². The van der Waals surface area contributed by atoms with Crippen LogP contribution in [-0.2, 0) is 5.41 Å². The van der Waals surface area contributed by atoms with Gasteiger partial charge in [-0.25, -0.2) is 9.98 Å². The first-order chi connectivity index (χ1) is 26.8. The standard InChI is InChI=1S/C50H33N3O/c1-2-14-34(15-3-1)47-51-48(35-27-25-33(26-28-35)38-20-12-16-32-13-4-5-17-37(32)38)53-49(52-47)36-29-30-46-44(31-36)50(43-23-10-11-24-45(43)54-46)41-21-8-6-18-39(41)40-19-7-9-22-42(40)50/h1-31,48H,(H,51,52,53). The van der Waals surface area contributed by atoms with Crippen molar-refractivity contribution in [1.82, 2.24) is 5.32 Å². The predicted octanol–water partition coefficient (Wildman–Crippen LogP) is 11.5. The van der Waals surface area contributed by atoms with Crippen molar-refractivity contribution >= 4 is 22.4 Å². The van der Waals surface area contributed by atoms with E-state index in [4.69, 9.17) is 14.7 Å². The van der Waals surface area contributed by atoms with Crippen molar-refractivity contribution in [1.29, 1.82) is 0 Å².